The van der Waals surface area contributed by atoms with Crippen LogP contribution >= 0.6 is 11.6 Å². The van der Waals surface area contributed by atoms with E-state index in [-0.39, 0.29) is 12.0 Å². The monoisotopic (exact) mass is 581 g/mol. The summed E-state index contributed by atoms with van der Waals surface area (Å²) in [4.78, 5) is 41.2. The fraction of sp³-hybridized carbons (Fsp3) is 0.130. The number of carboxylic acids is 1. The molecule has 2 heterocycles. The molecule has 2 amide bonds. The molecule has 1 aromatic heterocycles. The van der Waals surface area contributed by atoms with Crippen molar-refractivity contribution in [1.82, 2.24) is 15.6 Å². The van der Waals surface area contributed by atoms with Gasteiger partial charge in [0.1, 0.15) is 39.4 Å². The Hall–Kier alpha value is -4.70. The van der Waals surface area contributed by atoms with Crippen LogP contribution in [0.15, 0.2) is 30.5 Å². The third-order valence-corrected chi connectivity index (χ3v) is 6.19. The molecule has 0 saturated carbocycles. The van der Waals surface area contributed by atoms with Crippen molar-refractivity contribution in [2.24, 2.45) is 0 Å². The molecule has 4 rings (SSSR count). The Labute approximate surface area is 226 Å². The Morgan fingerprint density at radius 2 is 1.77 bits per heavy atom. The number of carbonyl (C=O) groups excluding carboxylic acids is 2. The normalized spacial score (nSPS) is 15.0. The van der Waals surface area contributed by atoms with Crippen LogP contribution in [-0.4, -0.2) is 61.3 Å². The van der Waals surface area contributed by atoms with E-state index < -0.39 is 99.2 Å². The van der Waals surface area contributed by atoms with Gasteiger partial charge < -0.3 is 40.7 Å². The quantitative estimate of drug-likeness (QED) is 0.166. The molecular formula is C23H16BClF3N3O9. The summed E-state index contributed by atoms with van der Waals surface area (Å²) in [7, 11) is -1.94. The van der Waals surface area contributed by atoms with Gasteiger partial charge in [0.25, 0.3) is 5.91 Å². The number of amides is 2. The Kier molecular flexibility index (Phi) is 7.66. The molecule has 0 radical (unpaired) electrons. The smallest absolute Gasteiger partial charge is 0.534 e. The van der Waals surface area contributed by atoms with Crippen LogP contribution in [0.5, 0.6) is 23.0 Å². The second-order valence-electron chi connectivity index (χ2n) is 8.43. The standard InChI is InChI=1S/C23H16BClF3N3O9/c25-16-14(10(27)5-12(33)19(16)34)21(35)31-18(17-11(28)4-8(32)6-29-17)22(36)30-13-3-7-1-2-9(26)15(23(37)38)20(7)40-24(13)39/h1-2,4-6,13,18,32-34,39H,3H2,(H,30,36)(H,31,35)(H,37,38)/t13-,18?/m0/s1. The van der Waals surface area contributed by atoms with Crippen LogP contribution in [0.25, 0.3) is 0 Å². The minimum absolute atomic E-state index is 0.0809. The highest BCUT2D eigenvalue weighted by atomic mass is 35.5. The molecule has 0 spiro atoms. The summed E-state index contributed by atoms with van der Waals surface area (Å²) < 4.78 is 48.3. The van der Waals surface area contributed by atoms with Crippen molar-refractivity contribution in [1.29, 1.82) is 0 Å². The number of phenols is 2. The molecular weight excluding hydrogens is 566 g/mol. The summed E-state index contributed by atoms with van der Waals surface area (Å²) in [6.07, 6.45) is 0.433. The molecule has 1 aliphatic heterocycles. The maximum absolute atomic E-state index is 14.7. The number of carbonyl (C=O) groups is 3. The van der Waals surface area contributed by atoms with Crippen LogP contribution in [0.2, 0.25) is 5.02 Å². The average Bonchev–Trinajstić information content (AvgIpc) is 2.86. The lowest BCUT2D eigenvalue weighted by Gasteiger charge is -2.30. The van der Waals surface area contributed by atoms with Crippen molar-refractivity contribution in [2.45, 2.75) is 18.4 Å². The van der Waals surface area contributed by atoms with E-state index in [1.165, 1.54) is 0 Å². The Balaban J connectivity index is 1.67. The molecule has 0 aliphatic carbocycles. The van der Waals surface area contributed by atoms with E-state index in [9.17, 15) is 53.0 Å². The van der Waals surface area contributed by atoms with Gasteiger partial charge in [-0.1, -0.05) is 17.7 Å². The molecule has 12 nitrogen and oxygen atoms in total. The molecule has 2 aromatic carbocycles. The number of aromatic hydroxyl groups is 3. The first-order chi connectivity index (χ1) is 18.8. The van der Waals surface area contributed by atoms with E-state index in [1.54, 1.807) is 0 Å². The zero-order valence-corrected chi connectivity index (χ0v) is 20.4. The van der Waals surface area contributed by atoms with Crippen LogP contribution in [0.1, 0.15) is 38.0 Å². The number of pyridine rings is 1. The van der Waals surface area contributed by atoms with Gasteiger partial charge in [-0.3, -0.25) is 14.6 Å². The van der Waals surface area contributed by atoms with Crippen LogP contribution in [0.3, 0.4) is 0 Å². The van der Waals surface area contributed by atoms with E-state index in [1.807, 2.05) is 5.32 Å². The number of fused-ring (bicyclic) bond motifs is 1. The number of nitrogens with zero attached hydrogens (tertiary/aromatic N) is 1. The molecule has 208 valence electrons. The zero-order valence-electron chi connectivity index (χ0n) is 19.7. The van der Waals surface area contributed by atoms with Crippen LogP contribution in [-0.2, 0) is 11.2 Å². The minimum Gasteiger partial charge on any atom is -0.534 e. The number of nitrogens with one attached hydrogen (secondary N) is 2. The first-order valence-electron chi connectivity index (χ1n) is 11.0. The summed E-state index contributed by atoms with van der Waals surface area (Å²) in [5, 5.41) is 51.8. The van der Waals surface area contributed by atoms with Gasteiger partial charge in [-0.15, -0.1) is 0 Å². The van der Waals surface area contributed by atoms with Gasteiger partial charge in [0.2, 0.25) is 5.91 Å². The largest absolute Gasteiger partial charge is 0.547 e. The van der Waals surface area contributed by atoms with Crippen molar-refractivity contribution in [3.8, 4) is 23.0 Å². The predicted molar refractivity (Wildman–Crippen MR) is 128 cm³/mol. The zero-order chi connectivity index (χ0) is 29.5. The van der Waals surface area contributed by atoms with Gasteiger partial charge >= 0.3 is 13.1 Å². The lowest BCUT2D eigenvalue weighted by molar-refractivity contribution is -0.123. The number of rotatable bonds is 6. The van der Waals surface area contributed by atoms with E-state index in [4.69, 9.17) is 16.3 Å². The van der Waals surface area contributed by atoms with Gasteiger partial charge in [0, 0.05) is 12.1 Å². The minimum atomic E-state index is -2.07. The molecule has 1 unspecified atom stereocenters. The molecule has 17 heteroatoms. The van der Waals surface area contributed by atoms with E-state index in [0.29, 0.717) is 12.1 Å². The molecule has 40 heavy (non-hydrogen) atoms. The van der Waals surface area contributed by atoms with Crippen LogP contribution < -0.4 is 15.3 Å². The molecule has 0 fully saturated rings. The van der Waals surface area contributed by atoms with Crippen LogP contribution in [0.4, 0.5) is 13.2 Å². The number of hydrogen-bond donors (Lipinski definition) is 7. The van der Waals surface area contributed by atoms with Gasteiger partial charge in [-0.25, -0.2) is 18.0 Å². The Morgan fingerprint density at radius 1 is 1.07 bits per heavy atom. The van der Waals surface area contributed by atoms with Gasteiger partial charge in [0.15, 0.2) is 23.4 Å². The first-order valence-corrected chi connectivity index (χ1v) is 11.4. The van der Waals surface area contributed by atoms with E-state index in [2.05, 4.69) is 10.3 Å². The second-order valence-corrected chi connectivity index (χ2v) is 8.80. The fourth-order valence-electron chi connectivity index (χ4n) is 3.94. The van der Waals surface area contributed by atoms with Crippen LogP contribution in [0, 0.1) is 17.5 Å². The van der Waals surface area contributed by atoms with Crippen molar-refractivity contribution < 1.29 is 57.7 Å². The maximum Gasteiger partial charge on any atom is 0.547 e. The van der Waals surface area contributed by atoms with E-state index in [0.717, 1.165) is 18.3 Å². The molecule has 0 saturated heterocycles. The van der Waals surface area contributed by atoms with Gasteiger partial charge in [-0.2, -0.15) is 0 Å². The van der Waals surface area contributed by atoms with Crippen molar-refractivity contribution in [3.63, 3.8) is 0 Å². The first kappa shape index (κ1) is 28.3. The highest BCUT2D eigenvalue weighted by Gasteiger charge is 2.41. The highest BCUT2D eigenvalue weighted by Crippen LogP contribution is 2.38. The third-order valence-electron chi connectivity index (χ3n) is 5.82. The predicted octanol–water partition coefficient (Wildman–Crippen LogP) is 1.58. The number of phenolic OH excluding ortho intramolecular Hbond substituents is 2. The second kappa shape index (κ2) is 10.8. The Bertz CT molecular complexity index is 1560. The third kappa shape index (κ3) is 5.26. The van der Waals surface area contributed by atoms with Gasteiger partial charge in [-0.05, 0) is 18.1 Å². The molecule has 1 aliphatic rings. The topological polar surface area (TPSA) is 199 Å². The average molecular weight is 582 g/mol. The fourth-order valence-corrected chi connectivity index (χ4v) is 4.21. The van der Waals surface area contributed by atoms with Crippen molar-refractivity contribution in [3.05, 3.63) is 75.3 Å². The lowest BCUT2D eigenvalue weighted by atomic mass is 9.72. The molecule has 3 aromatic rings. The van der Waals surface area contributed by atoms with E-state index >= 15 is 0 Å². The summed E-state index contributed by atoms with van der Waals surface area (Å²) in [5.41, 5.74) is -2.56. The molecule has 2 atom stereocenters. The number of aromatic carboxylic acids is 1. The van der Waals surface area contributed by atoms with Crippen molar-refractivity contribution in [2.75, 3.05) is 0 Å². The number of carboxylic acid groups (broad SMARTS) is 1. The molecule has 7 N–H and O–H groups in total. The number of benzene rings is 2. The summed E-state index contributed by atoms with van der Waals surface area (Å²) in [5.74, 6) is -12.7. The summed E-state index contributed by atoms with van der Waals surface area (Å²) in [6, 6.07) is 0.852. The van der Waals surface area contributed by atoms with Gasteiger partial charge in [0.05, 0.1) is 17.7 Å². The highest BCUT2D eigenvalue weighted by molar-refractivity contribution is 6.47. The maximum atomic E-state index is 14.7. The summed E-state index contributed by atoms with van der Waals surface area (Å²) in [6.45, 7) is 0. The number of hydrogen-bond acceptors (Lipinski definition) is 9. The number of halogens is 4. The summed E-state index contributed by atoms with van der Waals surface area (Å²) >= 11 is 5.78. The Morgan fingerprint density at radius 3 is 2.42 bits per heavy atom. The molecule has 0 bridgehead atoms. The van der Waals surface area contributed by atoms with Crippen molar-refractivity contribution >= 4 is 36.5 Å². The lowest BCUT2D eigenvalue weighted by Crippen LogP contribution is -2.55. The number of aromatic nitrogens is 1. The SMILES string of the molecule is O=C(NC(C(=O)N[C@H]1Cc2ccc(F)c(C(=O)O)c2OB1O)c1ncc(O)cc1F)c1c(F)cc(O)c(O)c1Cl.